The van der Waals surface area contributed by atoms with Crippen LogP contribution in [-0.2, 0) is 14.8 Å². The lowest BCUT2D eigenvalue weighted by molar-refractivity contribution is -0.109. The van der Waals surface area contributed by atoms with Crippen LogP contribution < -0.4 is 10.5 Å². The van der Waals surface area contributed by atoms with Gasteiger partial charge in [0.1, 0.15) is 0 Å². The Morgan fingerprint density at radius 3 is 2.71 bits per heavy atom. The molecule has 5 nitrogen and oxygen atoms in total. The Bertz CT molecular complexity index is 603. The van der Waals surface area contributed by atoms with E-state index in [1.807, 2.05) is 13.0 Å². The maximum Gasteiger partial charge on any atom is 0.238 e. The zero-order valence-corrected chi connectivity index (χ0v) is 13.6. The average Bonchev–Trinajstić information content (AvgIpc) is 2.44. The summed E-state index contributed by atoms with van der Waals surface area (Å²) in [6.07, 6.45) is 2.19. The quantitative estimate of drug-likeness (QED) is 0.845. The van der Waals surface area contributed by atoms with Crippen molar-refractivity contribution in [1.82, 2.24) is 0 Å². The fraction of sp³-hybridized carbons (Fsp3) is 0.600. The van der Waals surface area contributed by atoms with Gasteiger partial charge >= 0.3 is 0 Å². The molecule has 0 saturated heterocycles. The normalized spacial score (nSPS) is 29.0. The molecule has 1 saturated carbocycles. The summed E-state index contributed by atoms with van der Waals surface area (Å²) in [7, 11) is -3.67. The van der Waals surface area contributed by atoms with Crippen molar-refractivity contribution in [2.24, 2.45) is 10.6 Å². The molecule has 3 atom stereocenters. The van der Waals surface area contributed by atoms with E-state index < -0.39 is 10.0 Å². The van der Waals surface area contributed by atoms with Crippen molar-refractivity contribution in [2.45, 2.75) is 50.7 Å². The fourth-order valence-electron chi connectivity index (χ4n) is 2.94. The van der Waals surface area contributed by atoms with Gasteiger partial charge in [0.15, 0.2) is 0 Å². The lowest BCUT2D eigenvalue weighted by Crippen LogP contribution is -2.59. The second kappa shape index (κ2) is 5.94. The third-order valence-electron chi connectivity index (χ3n) is 4.61. The van der Waals surface area contributed by atoms with Gasteiger partial charge < -0.3 is 10.1 Å². The Morgan fingerprint density at radius 1 is 1.43 bits per heavy atom. The van der Waals surface area contributed by atoms with Crippen LogP contribution >= 0.6 is 0 Å². The molecule has 0 aromatic heterocycles. The number of primary sulfonamides is 1. The summed E-state index contributed by atoms with van der Waals surface area (Å²) >= 11 is 0. The summed E-state index contributed by atoms with van der Waals surface area (Å²) < 4.78 is 28.6. The topological polar surface area (TPSA) is 81.4 Å². The lowest BCUT2D eigenvalue weighted by Gasteiger charge is -2.54. The van der Waals surface area contributed by atoms with E-state index in [9.17, 15) is 8.42 Å². The van der Waals surface area contributed by atoms with Crippen LogP contribution in [0.1, 0.15) is 33.6 Å². The summed E-state index contributed by atoms with van der Waals surface area (Å²) in [5, 5.41) is 8.59. The van der Waals surface area contributed by atoms with Gasteiger partial charge in [-0.25, -0.2) is 13.6 Å². The molecule has 1 aromatic rings. The first-order valence-electron chi connectivity index (χ1n) is 7.32. The number of anilines is 1. The fourth-order valence-corrected chi connectivity index (χ4v) is 3.50. The SMILES string of the molecule is CCOC1CC(Nc2cccc(S(N)(=O)=O)c2)C1(C)CC. The molecule has 3 N–H and O–H groups in total. The molecule has 1 aliphatic carbocycles. The smallest absolute Gasteiger partial charge is 0.238 e. The Morgan fingerprint density at radius 2 is 2.14 bits per heavy atom. The third-order valence-corrected chi connectivity index (χ3v) is 5.53. The molecule has 1 aromatic carbocycles. The highest BCUT2D eigenvalue weighted by Crippen LogP contribution is 2.47. The van der Waals surface area contributed by atoms with Crippen LogP contribution in [0.4, 0.5) is 5.69 Å². The van der Waals surface area contributed by atoms with Gasteiger partial charge in [0.25, 0.3) is 0 Å². The number of hydrogen-bond donors (Lipinski definition) is 2. The molecule has 118 valence electrons. The Balaban J connectivity index is 2.13. The third kappa shape index (κ3) is 3.22. The molecular formula is C15H24N2O3S. The Hall–Kier alpha value is -1.11. The number of rotatable bonds is 6. The lowest BCUT2D eigenvalue weighted by atomic mass is 9.61. The molecule has 21 heavy (non-hydrogen) atoms. The van der Waals surface area contributed by atoms with E-state index in [1.54, 1.807) is 12.1 Å². The number of sulfonamides is 1. The molecule has 0 spiro atoms. The predicted molar refractivity (Wildman–Crippen MR) is 83.7 cm³/mol. The highest BCUT2D eigenvalue weighted by atomic mass is 32.2. The van der Waals surface area contributed by atoms with E-state index in [4.69, 9.17) is 9.88 Å². The number of nitrogens with two attached hydrogens (primary N) is 1. The minimum absolute atomic E-state index is 0.0631. The molecule has 1 fully saturated rings. The summed E-state index contributed by atoms with van der Waals surface area (Å²) in [5.41, 5.74) is 0.842. The van der Waals surface area contributed by atoms with Crippen molar-refractivity contribution in [1.29, 1.82) is 0 Å². The summed E-state index contributed by atoms with van der Waals surface area (Å²) in [6, 6.07) is 6.92. The van der Waals surface area contributed by atoms with E-state index in [0.29, 0.717) is 6.61 Å². The second-order valence-corrected chi connectivity index (χ2v) is 7.37. The van der Waals surface area contributed by atoms with Crippen LogP contribution in [0.2, 0.25) is 0 Å². The van der Waals surface area contributed by atoms with E-state index >= 15 is 0 Å². The minimum Gasteiger partial charge on any atom is -0.382 e. The van der Waals surface area contributed by atoms with E-state index in [-0.39, 0.29) is 22.5 Å². The molecule has 1 aliphatic rings. The number of nitrogens with one attached hydrogen (secondary N) is 1. The highest BCUT2D eigenvalue weighted by molar-refractivity contribution is 7.89. The molecule has 0 aliphatic heterocycles. The number of benzene rings is 1. The molecule has 0 bridgehead atoms. The van der Waals surface area contributed by atoms with Gasteiger partial charge in [-0.2, -0.15) is 0 Å². The standard InChI is InChI=1S/C15H24N2O3S/c1-4-15(3)13(10-14(15)20-5-2)17-11-7-6-8-12(9-11)21(16,18)19/h6-9,13-14,17H,4-5,10H2,1-3H3,(H2,16,18,19). The van der Waals surface area contributed by atoms with Crippen molar-refractivity contribution >= 4 is 15.7 Å². The van der Waals surface area contributed by atoms with Crippen molar-refractivity contribution in [3.8, 4) is 0 Å². The minimum atomic E-state index is -3.67. The maximum absolute atomic E-state index is 11.4. The predicted octanol–water partition coefficient (Wildman–Crippen LogP) is 2.34. The molecule has 6 heteroatoms. The van der Waals surface area contributed by atoms with Crippen LogP contribution in [0.3, 0.4) is 0 Å². The zero-order valence-electron chi connectivity index (χ0n) is 12.8. The molecule has 0 heterocycles. The molecule has 0 radical (unpaired) electrons. The van der Waals surface area contributed by atoms with Crippen LogP contribution in [0.5, 0.6) is 0 Å². The van der Waals surface area contributed by atoms with Crippen molar-refractivity contribution in [3.63, 3.8) is 0 Å². The van der Waals surface area contributed by atoms with Gasteiger partial charge in [0, 0.05) is 23.8 Å². The molecule has 2 rings (SSSR count). The first-order valence-corrected chi connectivity index (χ1v) is 8.87. The Kier molecular flexibility index (Phi) is 4.60. The van der Waals surface area contributed by atoms with Gasteiger partial charge in [-0.05, 0) is 38.0 Å². The monoisotopic (exact) mass is 312 g/mol. The van der Waals surface area contributed by atoms with E-state index in [2.05, 4.69) is 19.2 Å². The van der Waals surface area contributed by atoms with Crippen LogP contribution in [0, 0.1) is 5.41 Å². The summed E-state index contributed by atoms with van der Waals surface area (Å²) in [6.45, 7) is 7.08. The van der Waals surface area contributed by atoms with E-state index in [0.717, 1.165) is 18.5 Å². The average molecular weight is 312 g/mol. The van der Waals surface area contributed by atoms with Crippen LogP contribution in [0.25, 0.3) is 0 Å². The van der Waals surface area contributed by atoms with Gasteiger partial charge in [-0.1, -0.05) is 19.9 Å². The number of ether oxygens (including phenoxy) is 1. The highest BCUT2D eigenvalue weighted by Gasteiger charge is 2.51. The summed E-state index contributed by atoms with van der Waals surface area (Å²) in [4.78, 5) is 0.131. The van der Waals surface area contributed by atoms with Crippen molar-refractivity contribution < 1.29 is 13.2 Å². The van der Waals surface area contributed by atoms with Crippen molar-refractivity contribution in [3.05, 3.63) is 24.3 Å². The van der Waals surface area contributed by atoms with E-state index in [1.165, 1.54) is 6.07 Å². The van der Waals surface area contributed by atoms with Crippen LogP contribution in [0.15, 0.2) is 29.2 Å². The summed E-state index contributed by atoms with van der Waals surface area (Å²) in [5.74, 6) is 0. The van der Waals surface area contributed by atoms with Gasteiger partial charge in [-0.15, -0.1) is 0 Å². The second-order valence-electron chi connectivity index (χ2n) is 5.81. The van der Waals surface area contributed by atoms with Gasteiger partial charge in [0.2, 0.25) is 10.0 Å². The zero-order chi connectivity index (χ0) is 15.7. The molecule has 3 unspecified atom stereocenters. The largest absolute Gasteiger partial charge is 0.382 e. The first-order chi connectivity index (χ1) is 9.81. The maximum atomic E-state index is 11.4. The number of hydrogen-bond acceptors (Lipinski definition) is 4. The van der Waals surface area contributed by atoms with Gasteiger partial charge in [0.05, 0.1) is 11.0 Å². The Labute approximate surface area is 126 Å². The first kappa shape index (κ1) is 16.3. The molecular weight excluding hydrogens is 288 g/mol. The van der Waals surface area contributed by atoms with Crippen LogP contribution in [-0.4, -0.2) is 27.2 Å². The van der Waals surface area contributed by atoms with Gasteiger partial charge in [-0.3, -0.25) is 0 Å². The van der Waals surface area contributed by atoms with Crippen molar-refractivity contribution in [2.75, 3.05) is 11.9 Å². The molecule has 0 amide bonds.